The van der Waals surface area contributed by atoms with Crippen LogP contribution in [0.5, 0.6) is 5.75 Å². The topological polar surface area (TPSA) is 76.7 Å². The number of pyridine rings is 1. The lowest BCUT2D eigenvalue weighted by molar-refractivity contribution is 0.0383. The molecule has 0 aliphatic carbocycles. The highest BCUT2D eigenvalue weighted by atomic mass is 16.5. The highest BCUT2D eigenvalue weighted by Crippen LogP contribution is 2.37. The first-order valence-corrected chi connectivity index (χ1v) is 11.8. The number of carbonyl (C=O) groups excluding carboxylic acids is 1. The molecule has 2 aromatic heterocycles. The van der Waals surface area contributed by atoms with Crippen molar-refractivity contribution < 1.29 is 19.0 Å². The Bertz CT molecular complexity index is 1340. The molecule has 1 aliphatic rings. The highest BCUT2D eigenvalue weighted by molar-refractivity contribution is 6.11. The average molecular weight is 472 g/mol. The Morgan fingerprint density at radius 2 is 1.83 bits per heavy atom. The number of hydrogen-bond donors (Lipinski definition) is 1. The number of nitrogens with one attached hydrogen (secondary N) is 1. The molecule has 0 atom stereocenters. The maximum atomic E-state index is 12.7. The van der Waals surface area contributed by atoms with Crippen LogP contribution >= 0.6 is 0 Å². The second kappa shape index (κ2) is 10.3. The molecule has 7 nitrogen and oxygen atoms in total. The molecule has 2 aromatic carbocycles. The maximum absolute atomic E-state index is 12.7. The lowest BCUT2D eigenvalue weighted by Gasteiger charge is -2.26. The van der Waals surface area contributed by atoms with Gasteiger partial charge in [0.05, 0.1) is 33.0 Å². The summed E-state index contributed by atoms with van der Waals surface area (Å²) in [6.45, 7) is 4.28. The molecule has 4 aromatic rings. The molecule has 3 heterocycles. The van der Waals surface area contributed by atoms with Crippen molar-refractivity contribution in [1.82, 2.24) is 14.9 Å². The third-order valence-electron chi connectivity index (χ3n) is 6.52. The largest absolute Gasteiger partial charge is 0.497 e. The van der Waals surface area contributed by atoms with Gasteiger partial charge in [0.2, 0.25) is 0 Å². The van der Waals surface area contributed by atoms with Gasteiger partial charge in [-0.05, 0) is 35.9 Å². The Labute approximate surface area is 204 Å². The first-order chi connectivity index (χ1) is 17.2. The van der Waals surface area contributed by atoms with E-state index in [2.05, 4.69) is 20.9 Å². The molecule has 0 bridgehead atoms. The van der Waals surface area contributed by atoms with E-state index in [1.165, 1.54) is 7.11 Å². The maximum Gasteiger partial charge on any atom is 0.338 e. The van der Waals surface area contributed by atoms with Crippen LogP contribution in [0.3, 0.4) is 0 Å². The van der Waals surface area contributed by atoms with Gasteiger partial charge >= 0.3 is 5.97 Å². The summed E-state index contributed by atoms with van der Waals surface area (Å²) in [7, 11) is 3.08. The SMILES string of the molecule is COC(=O)c1cccc2[nH]c(CCN3CCOCC3)c(-c3cncc(-c4cccc(OC)c4)c3)c12. The molecule has 1 aliphatic heterocycles. The minimum absolute atomic E-state index is 0.354. The number of nitrogens with zero attached hydrogens (tertiary/aromatic N) is 2. The number of hydrogen-bond acceptors (Lipinski definition) is 6. The van der Waals surface area contributed by atoms with Crippen LogP contribution < -0.4 is 4.74 Å². The summed E-state index contributed by atoms with van der Waals surface area (Å²) in [5, 5.41) is 0.862. The number of aromatic nitrogens is 2. The number of aromatic amines is 1. The van der Waals surface area contributed by atoms with Crippen molar-refractivity contribution in [2.45, 2.75) is 6.42 Å². The highest BCUT2D eigenvalue weighted by Gasteiger charge is 2.21. The summed E-state index contributed by atoms with van der Waals surface area (Å²) in [5.74, 6) is 0.437. The predicted octanol–water partition coefficient (Wildman–Crippen LogP) is 4.57. The number of carbonyl (C=O) groups is 1. The molecule has 35 heavy (non-hydrogen) atoms. The molecule has 0 saturated carbocycles. The number of H-pyrrole nitrogens is 1. The molecular weight excluding hydrogens is 442 g/mol. The van der Waals surface area contributed by atoms with Crippen molar-refractivity contribution in [2.24, 2.45) is 0 Å². The summed E-state index contributed by atoms with van der Waals surface area (Å²) in [6, 6.07) is 15.7. The Balaban J connectivity index is 1.62. The zero-order chi connectivity index (χ0) is 24.2. The molecule has 0 spiro atoms. The van der Waals surface area contributed by atoms with E-state index in [1.807, 2.05) is 54.9 Å². The first kappa shape index (κ1) is 23.1. The monoisotopic (exact) mass is 471 g/mol. The third kappa shape index (κ3) is 4.78. The number of benzene rings is 2. The predicted molar refractivity (Wildman–Crippen MR) is 136 cm³/mol. The van der Waals surface area contributed by atoms with Gasteiger partial charge in [-0.1, -0.05) is 18.2 Å². The van der Waals surface area contributed by atoms with Crippen LogP contribution in [0, 0.1) is 0 Å². The van der Waals surface area contributed by atoms with Crippen molar-refractivity contribution in [3.05, 3.63) is 72.2 Å². The number of rotatable bonds is 7. The average Bonchev–Trinajstić information content (AvgIpc) is 3.30. The van der Waals surface area contributed by atoms with Gasteiger partial charge < -0.3 is 19.2 Å². The number of morpholine rings is 1. The van der Waals surface area contributed by atoms with Gasteiger partial charge in [0.1, 0.15) is 5.75 Å². The normalized spacial score (nSPS) is 14.2. The third-order valence-corrected chi connectivity index (χ3v) is 6.52. The molecule has 180 valence electrons. The van der Waals surface area contributed by atoms with Gasteiger partial charge in [0.15, 0.2) is 0 Å². The number of esters is 1. The Morgan fingerprint density at radius 1 is 1.03 bits per heavy atom. The van der Waals surface area contributed by atoms with Crippen molar-refractivity contribution in [2.75, 3.05) is 47.1 Å². The van der Waals surface area contributed by atoms with E-state index in [0.717, 1.165) is 83.9 Å². The zero-order valence-corrected chi connectivity index (χ0v) is 20.0. The smallest absolute Gasteiger partial charge is 0.338 e. The fourth-order valence-electron chi connectivity index (χ4n) is 4.72. The van der Waals surface area contributed by atoms with Crippen molar-refractivity contribution in [3.8, 4) is 28.0 Å². The van der Waals surface area contributed by atoms with Crippen LogP contribution in [-0.4, -0.2) is 67.9 Å². The van der Waals surface area contributed by atoms with Gasteiger partial charge in [-0.15, -0.1) is 0 Å². The van der Waals surface area contributed by atoms with Crippen molar-refractivity contribution in [1.29, 1.82) is 0 Å². The van der Waals surface area contributed by atoms with E-state index in [1.54, 1.807) is 7.11 Å². The van der Waals surface area contributed by atoms with E-state index >= 15 is 0 Å². The summed E-state index contributed by atoms with van der Waals surface area (Å²) < 4.78 is 16.0. The van der Waals surface area contributed by atoms with Crippen LogP contribution in [0.1, 0.15) is 16.1 Å². The van der Waals surface area contributed by atoms with Gasteiger partial charge in [-0.25, -0.2) is 4.79 Å². The second-order valence-corrected chi connectivity index (χ2v) is 8.60. The van der Waals surface area contributed by atoms with E-state index < -0.39 is 0 Å². The lowest BCUT2D eigenvalue weighted by atomic mass is 9.96. The minimum atomic E-state index is -0.354. The van der Waals surface area contributed by atoms with Crippen LogP contribution in [0.15, 0.2) is 60.9 Å². The minimum Gasteiger partial charge on any atom is -0.497 e. The van der Waals surface area contributed by atoms with E-state index in [0.29, 0.717) is 5.56 Å². The number of ether oxygens (including phenoxy) is 3. The van der Waals surface area contributed by atoms with Crippen LogP contribution in [0.4, 0.5) is 0 Å². The summed E-state index contributed by atoms with van der Waals surface area (Å²) in [4.78, 5) is 23.3. The quantitative estimate of drug-likeness (QED) is 0.398. The van der Waals surface area contributed by atoms with E-state index in [-0.39, 0.29) is 5.97 Å². The van der Waals surface area contributed by atoms with Crippen molar-refractivity contribution in [3.63, 3.8) is 0 Å². The molecule has 0 unspecified atom stereocenters. The van der Waals surface area contributed by atoms with Gasteiger partial charge in [-0.3, -0.25) is 9.88 Å². The standard InChI is InChI=1S/C28H29N3O4/c1-33-22-6-3-5-19(16-22)20-15-21(18-29-17-20)26-25(9-10-31-11-13-35-14-12-31)30-24-8-4-7-23(27(24)26)28(32)34-2/h3-8,15-18,30H,9-14H2,1-2H3. The molecule has 0 radical (unpaired) electrons. The van der Waals surface area contributed by atoms with Crippen LogP contribution in [0.25, 0.3) is 33.2 Å². The molecule has 1 N–H and O–H groups in total. The number of methoxy groups -OCH3 is 2. The van der Waals surface area contributed by atoms with Crippen LogP contribution in [-0.2, 0) is 15.9 Å². The van der Waals surface area contributed by atoms with Gasteiger partial charge in [0, 0.05) is 71.7 Å². The molecule has 7 heteroatoms. The molecule has 1 fully saturated rings. The molecule has 5 rings (SSSR count). The Kier molecular flexibility index (Phi) is 6.79. The number of fused-ring (bicyclic) bond motifs is 1. The molecular formula is C28H29N3O4. The summed E-state index contributed by atoms with van der Waals surface area (Å²) in [6.07, 6.45) is 4.52. The molecule has 1 saturated heterocycles. The Morgan fingerprint density at radius 3 is 2.63 bits per heavy atom. The zero-order valence-electron chi connectivity index (χ0n) is 20.0. The fourth-order valence-corrected chi connectivity index (χ4v) is 4.72. The van der Waals surface area contributed by atoms with E-state index in [4.69, 9.17) is 14.2 Å². The second-order valence-electron chi connectivity index (χ2n) is 8.60. The Hall–Kier alpha value is -3.68. The molecule has 0 amide bonds. The summed E-state index contributed by atoms with van der Waals surface area (Å²) >= 11 is 0. The van der Waals surface area contributed by atoms with Crippen LogP contribution in [0.2, 0.25) is 0 Å². The first-order valence-electron chi connectivity index (χ1n) is 11.8. The fraction of sp³-hybridized carbons (Fsp3) is 0.286. The summed E-state index contributed by atoms with van der Waals surface area (Å²) in [5.41, 5.74) is 6.46. The lowest BCUT2D eigenvalue weighted by Crippen LogP contribution is -2.37. The van der Waals surface area contributed by atoms with Gasteiger partial charge in [0.25, 0.3) is 0 Å². The van der Waals surface area contributed by atoms with Crippen molar-refractivity contribution >= 4 is 16.9 Å². The van der Waals surface area contributed by atoms with Gasteiger partial charge in [-0.2, -0.15) is 0 Å². The van der Waals surface area contributed by atoms with E-state index in [9.17, 15) is 4.79 Å².